The maximum atomic E-state index is 12.2. The quantitative estimate of drug-likeness (QED) is 0.757. The first kappa shape index (κ1) is 18.9. The lowest BCUT2D eigenvalue weighted by molar-refractivity contribution is 0.00693. The second-order valence-electron chi connectivity index (χ2n) is 5.82. The van der Waals surface area contributed by atoms with Crippen molar-refractivity contribution in [1.82, 2.24) is 4.98 Å². The largest absolute Gasteiger partial charge is 0.464 e. The summed E-state index contributed by atoms with van der Waals surface area (Å²) < 4.78 is 33.9. The molecule has 1 heterocycles. The fourth-order valence-electron chi connectivity index (χ4n) is 1.51. The zero-order valence-corrected chi connectivity index (χ0v) is 14.7. The second-order valence-corrected chi connectivity index (χ2v) is 7.84. The molecule has 0 aromatic carbocycles. The summed E-state index contributed by atoms with van der Waals surface area (Å²) in [7, 11) is -1.20. The van der Waals surface area contributed by atoms with Crippen molar-refractivity contribution < 1.29 is 27.5 Å². The molecule has 1 aromatic rings. The maximum Gasteiger partial charge on any atom is 0.356 e. The van der Waals surface area contributed by atoms with E-state index in [0.29, 0.717) is 0 Å². The highest BCUT2D eigenvalue weighted by atomic mass is 32.2. The van der Waals surface area contributed by atoms with Gasteiger partial charge in [-0.15, -0.1) is 0 Å². The van der Waals surface area contributed by atoms with Crippen molar-refractivity contribution in [3.8, 4) is 0 Å². The Kier molecular flexibility index (Phi) is 5.36. The van der Waals surface area contributed by atoms with Crippen molar-refractivity contribution in [2.45, 2.75) is 26.4 Å². The Hall–Kier alpha value is -2.16. The van der Waals surface area contributed by atoms with Crippen LogP contribution < -0.4 is 4.31 Å². The van der Waals surface area contributed by atoms with Gasteiger partial charge < -0.3 is 9.47 Å². The van der Waals surface area contributed by atoms with E-state index in [1.165, 1.54) is 19.2 Å². The molecular weight excluding hydrogens is 324 g/mol. The molecule has 0 N–H and O–H groups in total. The molecule has 23 heavy (non-hydrogen) atoms. The molecule has 0 amide bonds. The van der Waals surface area contributed by atoms with E-state index < -0.39 is 27.6 Å². The predicted molar refractivity (Wildman–Crippen MR) is 84.0 cm³/mol. The third kappa shape index (κ3) is 5.20. The summed E-state index contributed by atoms with van der Waals surface area (Å²) in [6.07, 6.45) is 0.979. The number of ether oxygens (including phenoxy) is 2. The molecule has 0 unspecified atom stereocenters. The number of carbonyl (C=O) groups excluding carboxylic acids is 2. The van der Waals surface area contributed by atoms with Crippen molar-refractivity contribution >= 4 is 27.8 Å². The summed E-state index contributed by atoms with van der Waals surface area (Å²) in [5.41, 5.74) is -0.934. The standard InChI is InChI=1S/C14H20N2O6S/c1-14(2,3)22-12(17)9-7-10(13(18)21-5)15-11(8-9)16(4)23(6,19)20/h7-8H,1-6H3. The summed E-state index contributed by atoms with van der Waals surface area (Å²) in [5, 5.41) is 0. The molecule has 0 aliphatic heterocycles. The third-order valence-electron chi connectivity index (χ3n) is 2.66. The number of nitrogens with zero attached hydrogens (tertiary/aromatic N) is 2. The van der Waals surface area contributed by atoms with Crippen molar-refractivity contribution in [1.29, 1.82) is 0 Å². The molecular formula is C14H20N2O6S. The number of anilines is 1. The number of hydrogen-bond donors (Lipinski definition) is 0. The first-order chi connectivity index (χ1) is 10.3. The topological polar surface area (TPSA) is 103 Å². The van der Waals surface area contributed by atoms with Gasteiger partial charge in [-0.05, 0) is 32.9 Å². The number of pyridine rings is 1. The van der Waals surface area contributed by atoms with Crippen LogP contribution in [0.1, 0.15) is 41.6 Å². The van der Waals surface area contributed by atoms with Crippen LogP contribution >= 0.6 is 0 Å². The Morgan fingerprint density at radius 2 is 1.74 bits per heavy atom. The third-order valence-corrected chi connectivity index (χ3v) is 3.84. The van der Waals surface area contributed by atoms with E-state index in [4.69, 9.17) is 4.74 Å². The number of methoxy groups -OCH3 is 1. The number of sulfonamides is 1. The van der Waals surface area contributed by atoms with E-state index >= 15 is 0 Å². The summed E-state index contributed by atoms with van der Waals surface area (Å²) in [6.45, 7) is 5.07. The monoisotopic (exact) mass is 344 g/mol. The molecule has 128 valence electrons. The number of rotatable bonds is 4. The van der Waals surface area contributed by atoms with Crippen LogP contribution in [-0.2, 0) is 19.5 Å². The molecule has 9 heteroatoms. The predicted octanol–water partition coefficient (Wildman–Crippen LogP) is 1.22. The number of hydrogen-bond acceptors (Lipinski definition) is 7. The molecule has 1 aromatic heterocycles. The number of carbonyl (C=O) groups is 2. The molecule has 0 radical (unpaired) electrons. The van der Waals surface area contributed by atoms with Gasteiger partial charge in [-0.25, -0.2) is 23.0 Å². The van der Waals surface area contributed by atoms with Crippen molar-refractivity contribution in [3.63, 3.8) is 0 Å². The van der Waals surface area contributed by atoms with Crippen LogP contribution in [0.25, 0.3) is 0 Å². The summed E-state index contributed by atoms with van der Waals surface area (Å²) in [6, 6.07) is 2.43. The van der Waals surface area contributed by atoms with E-state index in [9.17, 15) is 18.0 Å². The number of esters is 2. The van der Waals surface area contributed by atoms with Gasteiger partial charge in [-0.3, -0.25) is 4.31 Å². The Labute approximate surface area is 135 Å². The minimum absolute atomic E-state index is 0.000764. The zero-order chi connectivity index (χ0) is 18.0. The van der Waals surface area contributed by atoms with E-state index in [1.807, 2.05) is 0 Å². The van der Waals surface area contributed by atoms with Gasteiger partial charge in [-0.1, -0.05) is 0 Å². The van der Waals surface area contributed by atoms with E-state index in [2.05, 4.69) is 9.72 Å². The van der Waals surface area contributed by atoms with Gasteiger partial charge in [0.25, 0.3) is 0 Å². The SMILES string of the molecule is COC(=O)c1cc(C(=O)OC(C)(C)C)cc(N(C)S(C)(=O)=O)n1. The Bertz CT molecular complexity index is 721. The molecule has 0 saturated carbocycles. The Morgan fingerprint density at radius 1 is 1.17 bits per heavy atom. The fraction of sp³-hybridized carbons (Fsp3) is 0.500. The minimum atomic E-state index is -3.62. The van der Waals surface area contributed by atoms with Crippen LogP contribution in [-0.4, -0.2) is 51.4 Å². The van der Waals surface area contributed by atoms with Crippen molar-refractivity contribution in [3.05, 3.63) is 23.4 Å². The molecule has 8 nitrogen and oxygen atoms in total. The van der Waals surface area contributed by atoms with Gasteiger partial charge in [0.2, 0.25) is 10.0 Å². The summed E-state index contributed by atoms with van der Waals surface area (Å²) in [5.74, 6) is -1.58. The van der Waals surface area contributed by atoms with Gasteiger partial charge in [0.15, 0.2) is 5.69 Å². The summed E-state index contributed by atoms with van der Waals surface area (Å²) >= 11 is 0. The Morgan fingerprint density at radius 3 is 2.17 bits per heavy atom. The molecule has 1 rings (SSSR count). The van der Waals surface area contributed by atoms with Gasteiger partial charge >= 0.3 is 11.9 Å². The summed E-state index contributed by atoms with van der Waals surface area (Å²) in [4.78, 5) is 27.8. The lowest BCUT2D eigenvalue weighted by Gasteiger charge is -2.21. The van der Waals surface area contributed by atoms with E-state index in [0.717, 1.165) is 17.7 Å². The average Bonchev–Trinajstić information content (AvgIpc) is 2.42. The molecule has 0 saturated heterocycles. The van der Waals surface area contributed by atoms with Crippen LogP contribution in [0.5, 0.6) is 0 Å². The highest BCUT2D eigenvalue weighted by Crippen LogP contribution is 2.19. The Balaban J connectivity index is 3.41. The molecule has 0 aliphatic rings. The highest BCUT2D eigenvalue weighted by molar-refractivity contribution is 7.92. The molecule has 0 bridgehead atoms. The molecule has 0 aliphatic carbocycles. The average molecular weight is 344 g/mol. The lowest BCUT2D eigenvalue weighted by Crippen LogP contribution is -2.28. The molecule has 0 atom stereocenters. The smallest absolute Gasteiger partial charge is 0.356 e. The van der Waals surface area contributed by atoms with Gasteiger partial charge in [0.1, 0.15) is 11.4 Å². The van der Waals surface area contributed by atoms with Gasteiger partial charge in [0, 0.05) is 7.05 Å². The fourth-order valence-corrected chi connectivity index (χ4v) is 1.94. The first-order valence-electron chi connectivity index (χ1n) is 6.63. The van der Waals surface area contributed by atoms with Crippen LogP contribution in [0.2, 0.25) is 0 Å². The second kappa shape index (κ2) is 6.53. The molecule has 0 fully saturated rings. The number of aromatic nitrogens is 1. The van der Waals surface area contributed by atoms with Gasteiger partial charge in [0.05, 0.1) is 18.9 Å². The van der Waals surface area contributed by atoms with Crippen LogP contribution in [0.4, 0.5) is 5.82 Å². The van der Waals surface area contributed by atoms with Crippen LogP contribution in [0.3, 0.4) is 0 Å². The molecule has 0 spiro atoms. The van der Waals surface area contributed by atoms with Gasteiger partial charge in [-0.2, -0.15) is 0 Å². The zero-order valence-electron chi connectivity index (χ0n) is 13.9. The van der Waals surface area contributed by atoms with E-state index in [-0.39, 0.29) is 17.1 Å². The minimum Gasteiger partial charge on any atom is -0.464 e. The lowest BCUT2D eigenvalue weighted by atomic mass is 10.1. The van der Waals surface area contributed by atoms with E-state index in [1.54, 1.807) is 20.8 Å². The normalized spacial score (nSPS) is 11.7. The highest BCUT2D eigenvalue weighted by Gasteiger charge is 2.23. The first-order valence-corrected chi connectivity index (χ1v) is 8.47. The van der Waals surface area contributed by atoms with Crippen LogP contribution in [0, 0.1) is 0 Å². The maximum absolute atomic E-state index is 12.2. The van der Waals surface area contributed by atoms with Crippen LogP contribution in [0.15, 0.2) is 12.1 Å². The van der Waals surface area contributed by atoms with Crippen molar-refractivity contribution in [2.24, 2.45) is 0 Å². The van der Waals surface area contributed by atoms with Crippen molar-refractivity contribution in [2.75, 3.05) is 24.7 Å².